The number of nitrogens with one attached hydrogen (secondary N) is 1. The van der Waals surface area contributed by atoms with Crippen LogP contribution in [-0.4, -0.2) is 19.1 Å². The summed E-state index contributed by atoms with van der Waals surface area (Å²) in [5, 5.41) is 3.86. The Balaban J connectivity index is 1.70. The number of nitrogens with zero attached hydrogens (tertiary/aromatic N) is 1. The SMILES string of the molecule is CC1CCC(Nc2ccccc2N2CCCCC2)CC1C. The molecule has 2 nitrogen and oxygen atoms in total. The maximum Gasteiger partial charge on any atom is 0.0602 e. The number of hydrogen-bond acceptors (Lipinski definition) is 2. The molecule has 1 aromatic carbocycles. The number of anilines is 2. The Labute approximate surface area is 129 Å². The first-order valence-corrected chi connectivity index (χ1v) is 8.84. The molecule has 0 radical (unpaired) electrons. The second-order valence-electron chi connectivity index (χ2n) is 7.17. The average molecular weight is 286 g/mol. The van der Waals surface area contributed by atoms with Gasteiger partial charge in [0.15, 0.2) is 0 Å². The Morgan fingerprint density at radius 1 is 0.952 bits per heavy atom. The normalized spacial score (nSPS) is 30.2. The van der Waals surface area contributed by atoms with E-state index in [0.717, 1.165) is 11.8 Å². The minimum Gasteiger partial charge on any atom is -0.381 e. The van der Waals surface area contributed by atoms with Gasteiger partial charge in [-0.15, -0.1) is 0 Å². The molecule has 3 rings (SSSR count). The summed E-state index contributed by atoms with van der Waals surface area (Å²) < 4.78 is 0. The minimum atomic E-state index is 0.655. The van der Waals surface area contributed by atoms with Crippen LogP contribution in [0.15, 0.2) is 24.3 Å². The van der Waals surface area contributed by atoms with Gasteiger partial charge >= 0.3 is 0 Å². The lowest BCUT2D eigenvalue weighted by atomic mass is 9.79. The molecule has 1 aliphatic heterocycles. The summed E-state index contributed by atoms with van der Waals surface area (Å²) >= 11 is 0. The van der Waals surface area contributed by atoms with Crippen LogP contribution >= 0.6 is 0 Å². The van der Waals surface area contributed by atoms with Crippen LogP contribution < -0.4 is 10.2 Å². The number of piperidine rings is 1. The second-order valence-corrected chi connectivity index (χ2v) is 7.17. The average Bonchev–Trinajstić information content (AvgIpc) is 2.52. The van der Waals surface area contributed by atoms with Gasteiger partial charge in [-0.2, -0.15) is 0 Å². The highest BCUT2D eigenvalue weighted by atomic mass is 15.2. The van der Waals surface area contributed by atoms with Gasteiger partial charge in [0.25, 0.3) is 0 Å². The lowest BCUT2D eigenvalue weighted by molar-refractivity contribution is 0.261. The fourth-order valence-corrected chi connectivity index (χ4v) is 3.90. The van der Waals surface area contributed by atoms with Crippen LogP contribution in [0.1, 0.15) is 52.4 Å². The molecule has 1 heterocycles. The van der Waals surface area contributed by atoms with Gasteiger partial charge in [-0.25, -0.2) is 0 Å². The quantitative estimate of drug-likeness (QED) is 0.849. The van der Waals surface area contributed by atoms with Crippen molar-refractivity contribution in [2.24, 2.45) is 11.8 Å². The van der Waals surface area contributed by atoms with Crippen LogP contribution in [0.4, 0.5) is 11.4 Å². The fraction of sp³-hybridized carbons (Fsp3) is 0.684. The van der Waals surface area contributed by atoms with Crippen molar-refractivity contribution in [1.82, 2.24) is 0 Å². The van der Waals surface area contributed by atoms with E-state index in [-0.39, 0.29) is 0 Å². The van der Waals surface area contributed by atoms with Crippen LogP contribution in [0, 0.1) is 11.8 Å². The first-order valence-electron chi connectivity index (χ1n) is 8.84. The van der Waals surface area contributed by atoms with Gasteiger partial charge in [0.2, 0.25) is 0 Å². The monoisotopic (exact) mass is 286 g/mol. The molecule has 1 aromatic rings. The molecule has 1 saturated heterocycles. The van der Waals surface area contributed by atoms with Gasteiger partial charge in [-0.3, -0.25) is 0 Å². The van der Waals surface area contributed by atoms with Gasteiger partial charge in [0.1, 0.15) is 0 Å². The molecular weight excluding hydrogens is 256 g/mol. The summed E-state index contributed by atoms with van der Waals surface area (Å²) in [5.41, 5.74) is 2.77. The van der Waals surface area contributed by atoms with E-state index in [4.69, 9.17) is 0 Å². The molecule has 116 valence electrons. The van der Waals surface area contributed by atoms with Crippen molar-refractivity contribution in [2.45, 2.75) is 58.4 Å². The van der Waals surface area contributed by atoms with Crippen molar-refractivity contribution in [3.05, 3.63) is 24.3 Å². The largest absolute Gasteiger partial charge is 0.381 e. The molecule has 2 heteroatoms. The predicted molar refractivity (Wildman–Crippen MR) is 92.1 cm³/mol. The smallest absolute Gasteiger partial charge is 0.0602 e. The van der Waals surface area contributed by atoms with Crippen LogP contribution in [0.5, 0.6) is 0 Å². The van der Waals surface area contributed by atoms with E-state index in [0.29, 0.717) is 6.04 Å². The number of hydrogen-bond donors (Lipinski definition) is 1. The Kier molecular flexibility index (Phi) is 4.72. The molecule has 0 amide bonds. The van der Waals surface area contributed by atoms with Crippen molar-refractivity contribution >= 4 is 11.4 Å². The number of benzene rings is 1. The summed E-state index contributed by atoms with van der Waals surface area (Å²) in [7, 11) is 0. The zero-order chi connectivity index (χ0) is 14.7. The summed E-state index contributed by atoms with van der Waals surface area (Å²) in [5.74, 6) is 1.73. The summed E-state index contributed by atoms with van der Waals surface area (Å²) in [6, 6.07) is 9.57. The first kappa shape index (κ1) is 14.7. The van der Waals surface area contributed by atoms with E-state index in [1.165, 1.54) is 63.0 Å². The lowest BCUT2D eigenvalue weighted by Gasteiger charge is -2.35. The van der Waals surface area contributed by atoms with E-state index >= 15 is 0 Å². The van der Waals surface area contributed by atoms with E-state index in [9.17, 15) is 0 Å². The molecule has 0 aromatic heterocycles. The van der Waals surface area contributed by atoms with Gasteiger partial charge in [-0.1, -0.05) is 26.0 Å². The van der Waals surface area contributed by atoms with Crippen molar-refractivity contribution in [3.8, 4) is 0 Å². The summed E-state index contributed by atoms with van der Waals surface area (Å²) in [6.07, 6.45) is 8.07. The molecule has 1 N–H and O–H groups in total. The third kappa shape index (κ3) is 3.53. The zero-order valence-electron chi connectivity index (χ0n) is 13.6. The Hall–Kier alpha value is -1.18. The molecule has 0 spiro atoms. The van der Waals surface area contributed by atoms with Crippen molar-refractivity contribution in [3.63, 3.8) is 0 Å². The van der Waals surface area contributed by atoms with Crippen molar-refractivity contribution < 1.29 is 0 Å². The number of para-hydroxylation sites is 2. The third-order valence-electron chi connectivity index (χ3n) is 5.56. The van der Waals surface area contributed by atoms with E-state index in [2.05, 4.69) is 48.3 Å². The molecule has 2 fully saturated rings. The number of rotatable bonds is 3. The Bertz CT molecular complexity index is 451. The molecular formula is C19H30N2. The molecule has 0 bridgehead atoms. The Morgan fingerprint density at radius 2 is 1.71 bits per heavy atom. The molecule has 2 aliphatic rings. The summed E-state index contributed by atoms with van der Waals surface area (Å²) in [4.78, 5) is 2.57. The topological polar surface area (TPSA) is 15.3 Å². The zero-order valence-corrected chi connectivity index (χ0v) is 13.6. The second kappa shape index (κ2) is 6.72. The highest BCUT2D eigenvalue weighted by Crippen LogP contribution is 2.34. The van der Waals surface area contributed by atoms with Crippen LogP contribution in [0.3, 0.4) is 0 Å². The molecule has 1 saturated carbocycles. The third-order valence-corrected chi connectivity index (χ3v) is 5.56. The molecule has 3 atom stereocenters. The van der Waals surface area contributed by atoms with Crippen LogP contribution in [0.25, 0.3) is 0 Å². The van der Waals surface area contributed by atoms with Gasteiger partial charge in [-0.05, 0) is 62.5 Å². The van der Waals surface area contributed by atoms with Crippen molar-refractivity contribution in [1.29, 1.82) is 0 Å². The minimum absolute atomic E-state index is 0.655. The van der Waals surface area contributed by atoms with E-state index < -0.39 is 0 Å². The van der Waals surface area contributed by atoms with E-state index in [1.54, 1.807) is 0 Å². The van der Waals surface area contributed by atoms with Gasteiger partial charge in [0.05, 0.1) is 11.4 Å². The highest BCUT2D eigenvalue weighted by molar-refractivity contribution is 5.70. The van der Waals surface area contributed by atoms with Gasteiger partial charge in [0, 0.05) is 19.1 Å². The highest BCUT2D eigenvalue weighted by Gasteiger charge is 2.25. The van der Waals surface area contributed by atoms with Crippen LogP contribution in [0.2, 0.25) is 0 Å². The molecule has 1 aliphatic carbocycles. The predicted octanol–water partition coefficient (Wildman–Crippen LogP) is 4.91. The van der Waals surface area contributed by atoms with Gasteiger partial charge < -0.3 is 10.2 Å². The van der Waals surface area contributed by atoms with Crippen LogP contribution in [-0.2, 0) is 0 Å². The fourth-order valence-electron chi connectivity index (χ4n) is 3.90. The Morgan fingerprint density at radius 3 is 2.48 bits per heavy atom. The summed E-state index contributed by atoms with van der Waals surface area (Å²) in [6.45, 7) is 7.26. The maximum atomic E-state index is 3.86. The van der Waals surface area contributed by atoms with E-state index in [1.807, 2.05) is 0 Å². The molecule has 21 heavy (non-hydrogen) atoms. The maximum absolute atomic E-state index is 3.86. The standard InChI is InChI=1S/C19H30N2/c1-15-10-11-17(14-16(15)2)20-18-8-4-5-9-19(18)21-12-6-3-7-13-21/h4-5,8-9,15-17,20H,3,6-7,10-14H2,1-2H3. The molecule has 3 unspecified atom stereocenters. The first-order chi connectivity index (χ1) is 10.2. The lowest BCUT2D eigenvalue weighted by Crippen LogP contribution is -2.33. The van der Waals surface area contributed by atoms with Crippen molar-refractivity contribution in [2.75, 3.05) is 23.3 Å².